The molecule has 2 heteroatoms. The Morgan fingerprint density at radius 2 is 2.00 bits per heavy atom. The van der Waals surface area contributed by atoms with Gasteiger partial charge in [-0.05, 0) is 47.9 Å². The highest BCUT2D eigenvalue weighted by Gasteiger charge is 2.17. The van der Waals surface area contributed by atoms with E-state index in [2.05, 4.69) is 43.2 Å². The Hall–Kier alpha value is -1.28. The van der Waals surface area contributed by atoms with Crippen LogP contribution in [0.5, 0.6) is 0 Å². The lowest BCUT2D eigenvalue weighted by Crippen LogP contribution is -2.13. The normalized spacial score (nSPS) is 17.7. The highest BCUT2D eigenvalue weighted by molar-refractivity contribution is 5.84. The summed E-state index contributed by atoms with van der Waals surface area (Å²) in [6.07, 6.45) is 4.48. The van der Waals surface area contributed by atoms with E-state index < -0.39 is 0 Å². The first-order valence-electron chi connectivity index (χ1n) is 6.94. The Bertz CT molecular complexity index is 535. The lowest BCUT2D eigenvalue weighted by atomic mass is 9.90. The van der Waals surface area contributed by atoms with Gasteiger partial charge in [-0.2, -0.15) is 0 Å². The second-order valence-electron chi connectivity index (χ2n) is 5.59. The highest BCUT2D eigenvalue weighted by Crippen LogP contribution is 2.32. The fourth-order valence-corrected chi connectivity index (χ4v) is 2.92. The SMILES string of the molecule is CC(C)c1c[nH]c2ccc(C3CCOCC3)cc12. The van der Waals surface area contributed by atoms with Gasteiger partial charge in [-0.1, -0.05) is 19.9 Å². The first-order valence-corrected chi connectivity index (χ1v) is 6.94. The van der Waals surface area contributed by atoms with Gasteiger partial charge in [0, 0.05) is 30.3 Å². The first kappa shape index (κ1) is 11.8. The second-order valence-corrected chi connectivity index (χ2v) is 5.59. The molecule has 3 rings (SSSR count). The molecule has 0 saturated carbocycles. The van der Waals surface area contributed by atoms with E-state index in [1.165, 1.54) is 22.0 Å². The number of benzene rings is 1. The molecule has 2 nitrogen and oxygen atoms in total. The van der Waals surface area contributed by atoms with Crippen LogP contribution in [0.2, 0.25) is 0 Å². The van der Waals surface area contributed by atoms with Crippen molar-refractivity contribution in [2.45, 2.75) is 38.5 Å². The molecular formula is C16H21NO. The number of rotatable bonds is 2. The van der Waals surface area contributed by atoms with Crippen LogP contribution in [0.3, 0.4) is 0 Å². The maximum atomic E-state index is 5.45. The molecule has 1 saturated heterocycles. The van der Waals surface area contributed by atoms with Crippen molar-refractivity contribution in [3.05, 3.63) is 35.5 Å². The van der Waals surface area contributed by atoms with Gasteiger partial charge < -0.3 is 9.72 Å². The zero-order valence-electron chi connectivity index (χ0n) is 11.2. The Balaban J connectivity index is 2.00. The maximum Gasteiger partial charge on any atom is 0.0471 e. The molecule has 1 fully saturated rings. The zero-order valence-corrected chi connectivity index (χ0v) is 11.2. The minimum atomic E-state index is 0.573. The largest absolute Gasteiger partial charge is 0.381 e. The fourth-order valence-electron chi connectivity index (χ4n) is 2.92. The minimum Gasteiger partial charge on any atom is -0.381 e. The molecule has 1 aliphatic heterocycles. The van der Waals surface area contributed by atoms with Crippen molar-refractivity contribution < 1.29 is 4.74 Å². The predicted octanol–water partition coefficient (Wildman–Crippen LogP) is 4.19. The van der Waals surface area contributed by atoms with Gasteiger partial charge >= 0.3 is 0 Å². The monoisotopic (exact) mass is 243 g/mol. The van der Waals surface area contributed by atoms with E-state index in [1.807, 2.05) is 0 Å². The van der Waals surface area contributed by atoms with Crippen LogP contribution in [0.1, 0.15) is 49.7 Å². The van der Waals surface area contributed by atoms with Crippen LogP contribution in [0.4, 0.5) is 0 Å². The molecule has 0 unspecified atom stereocenters. The zero-order chi connectivity index (χ0) is 12.5. The minimum absolute atomic E-state index is 0.573. The summed E-state index contributed by atoms with van der Waals surface area (Å²) in [4.78, 5) is 3.37. The molecular weight excluding hydrogens is 222 g/mol. The van der Waals surface area contributed by atoms with Crippen molar-refractivity contribution in [3.8, 4) is 0 Å². The van der Waals surface area contributed by atoms with E-state index in [1.54, 1.807) is 0 Å². The Morgan fingerprint density at radius 3 is 2.72 bits per heavy atom. The molecule has 0 radical (unpaired) electrons. The van der Waals surface area contributed by atoms with Gasteiger partial charge in [0.05, 0.1) is 0 Å². The van der Waals surface area contributed by atoms with Crippen LogP contribution in [0.15, 0.2) is 24.4 Å². The van der Waals surface area contributed by atoms with Crippen LogP contribution in [0, 0.1) is 0 Å². The molecule has 1 aromatic heterocycles. The van der Waals surface area contributed by atoms with E-state index in [9.17, 15) is 0 Å². The highest BCUT2D eigenvalue weighted by atomic mass is 16.5. The van der Waals surface area contributed by atoms with E-state index in [0.717, 1.165) is 26.1 Å². The number of fused-ring (bicyclic) bond motifs is 1. The molecule has 0 amide bonds. The van der Waals surface area contributed by atoms with E-state index in [4.69, 9.17) is 4.74 Å². The third-order valence-corrected chi connectivity index (χ3v) is 4.05. The van der Waals surface area contributed by atoms with Gasteiger partial charge in [0.15, 0.2) is 0 Å². The van der Waals surface area contributed by atoms with E-state index in [0.29, 0.717) is 11.8 Å². The standard InChI is InChI=1S/C16H21NO/c1-11(2)15-10-17-16-4-3-13(9-14(15)16)12-5-7-18-8-6-12/h3-4,9-12,17H,5-8H2,1-2H3. The van der Waals surface area contributed by atoms with Crippen molar-refractivity contribution in [2.75, 3.05) is 13.2 Å². The van der Waals surface area contributed by atoms with Crippen LogP contribution in [-0.4, -0.2) is 18.2 Å². The van der Waals surface area contributed by atoms with Crippen LogP contribution in [0.25, 0.3) is 10.9 Å². The number of hydrogen-bond donors (Lipinski definition) is 1. The summed E-state index contributed by atoms with van der Waals surface area (Å²) >= 11 is 0. The first-order chi connectivity index (χ1) is 8.75. The van der Waals surface area contributed by atoms with Crippen molar-refractivity contribution in [1.82, 2.24) is 4.98 Å². The average molecular weight is 243 g/mol. The molecule has 18 heavy (non-hydrogen) atoms. The molecule has 0 spiro atoms. The number of hydrogen-bond acceptors (Lipinski definition) is 1. The summed E-state index contributed by atoms with van der Waals surface area (Å²) in [6, 6.07) is 6.89. The quantitative estimate of drug-likeness (QED) is 0.840. The van der Waals surface area contributed by atoms with E-state index >= 15 is 0 Å². The number of aromatic amines is 1. The van der Waals surface area contributed by atoms with Crippen LogP contribution in [-0.2, 0) is 4.74 Å². The summed E-state index contributed by atoms with van der Waals surface area (Å²) < 4.78 is 5.45. The molecule has 1 aliphatic rings. The van der Waals surface area contributed by atoms with Gasteiger partial charge in [0.25, 0.3) is 0 Å². The molecule has 0 bridgehead atoms. The van der Waals surface area contributed by atoms with Crippen molar-refractivity contribution in [3.63, 3.8) is 0 Å². The molecule has 1 N–H and O–H groups in total. The second kappa shape index (κ2) is 4.77. The molecule has 0 atom stereocenters. The number of nitrogens with one attached hydrogen (secondary N) is 1. The van der Waals surface area contributed by atoms with Crippen LogP contribution >= 0.6 is 0 Å². The average Bonchev–Trinajstić information content (AvgIpc) is 2.82. The van der Waals surface area contributed by atoms with Gasteiger partial charge in [-0.3, -0.25) is 0 Å². The van der Waals surface area contributed by atoms with Gasteiger partial charge in [0.2, 0.25) is 0 Å². The fraction of sp³-hybridized carbons (Fsp3) is 0.500. The summed E-state index contributed by atoms with van der Waals surface area (Å²) in [5.41, 5.74) is 4.17. The Kier molecular flexibility index (Phi) is 3.13. The van der Waals surface area contributed by atoms with Crippen molar-refractivity contribution in [2.24, 2.45) is 0 Å². The molecule has 2 aromatic rings. The van der Waals surface area contributed by atoms with Crippen molar-refractivity contribution in [1.29, 1.82) is 0 Å². The number of H-pyrrole nitrogens is 1. The van der Waals surface area contributed by atoms with Crippen LogP contribution < -0.4 is 0 Å². The number of ether oxygens (including phenoxy) is 1. The lowest BCUT2D eigenvalue weighted by Gasteiger charge is -2.22. The number of aromatic nitrogens is 1. The summed E-state index contributed by atoms with van der Waals surface area (Å²) in [6.45, 7) is 6.33. The topological polar surface area (TPSA) is 25.0 Å². The molecule has 96 valence electrons. The van der Waals surface area contributed by atoms with E-state index in [-0.39, 0.29) is 0 Å². The van der Waals surface area contributed by atoms with Gasteiger partial charge in [-0.15, -0.1) is 0 Å². The lowest BCUT2D eigenvalue weighted by molar-refractivity contribution is 0.0853. The summed E-state index contributed by atoms with van der Waals surface area (Å²) in [5.74, 6) is 1.25. The van der Waals surface area contributed by atoms with Crippen molar-refractivity contribution >= 4 is 10.9 Å². The molecule has 2 heterocycles. The third kappa shape index (κ3) is 2.05. The Labute approximate surface area is 108 Å². The summed E-state index contributed by atoms with van der Waals surface area (Å²) in [7, 11) is 0. The third-order valence-electron chi connectivity index (χ3n) is 4.05. The summed E-state index contributed by atoms with van der Waals surface area (Å²) in [5, 5.41) is 1.40. The molecule has 0 aliphatic carbocycles. The smallest absolute Gasteiger partial charge is 0.0471 e. The van der Waals surface area contributed by atoms with Gasteiger partial charge in [-0.25, -0.2) is 0 Å². The molecule has 1 aromatic carbocycles. The Morgan fingerprint density at radius 1 is 1.22 bits per heavy atom. The maximum absolute atomic E-state index is 5.45. The predicted molar refractivity (Wildman–Crippen MR) is 75.2 cm³/mol. The van der Waals surface area contributed by atoms with Gasteiger partial charge in [0.1, 0.15) is 0 Å².